The van der Waals surface area contributed by atoms with Gasteiger partial charge in [0, 0.05) is 31.9 Å². The zero-order valence-electron chi connectivity index (χ0n) is 16.5. The molecule has 2 aromatic rings. The fourth-order valence-electron chi connectivity index (χ4n) is 4.50. The van der Waals surface area contributed by atoms with Crippen LogP contribution in [0.15, 0.2) is 48.5 Å². The summed E-state index contributed by atoms with van der Waals surface area (Å²) in [7, 11) is 0. The molecule has 2 atom stereocenters. The Morgan fingerprint density at radius 3 is 2.41 bits per heavy atom. The number of hydrogen-bond acceptors (Lipinski definition) is 4. The minimum atomic E-state index is 0.103. The molecule has 0 saturated carbocycles. The average Bonchev–Trinajstić information content (AvgIpc) is 3.09. The van der Waals surface area contributed by atoms with Crippen LogP contribution >= 0.6 is 0 Å². The number of hydrogen-bond donors (Lipinski definition) is 1. The Morgan fingerprint density at radius 1 is 1.00 bits per heavy atom. The van der Waals surface area contributed by atoms with E-state index in [0.717, 1.165) is 51.4 Å². The van der Waals surface area contributed by atoms with Crippen molar-refractivity contribution in [2.45, 2.75) is 32.4 Å². The molecule has 27 heavy (non-hydrogen) atoms. The smallest absolute Gasteiger partial charge is 0.140 e. The van der Waals surface area contributed by atoms with Gasteiger partial charge in [0.15, 0.2) is 0 Å². The highest BCUT2D eigenvalue weighted by Crippen LogP contribution is 2.38. The lowest BCUT2D eigenvalue weighted by Crippen LogP contribution is -2.43. The van der Waals surface area contributed by atoms with Crippen molar-refractivity contribution >= 4 is 5.69 Å². The Bertz CT molecular complexity index is 736. The Kier molecular flexibility index (Phi) is 5.65. The molecule has 0 radical (unpaired) electrons. The number of anilines is 1. The van der Waals surface area contributed by atoms with E-state index in [0.29, 0.717) is 6.04 Å². The second-order valence-electron chi connectivity index (χ2n) is 7.46. The van der Waals surface area contributed by atoms with Gasteiger partial charge in [-0.05, 0) is 54.9 Å². The molecule has 0 unspecified atom stereocenters. The van der Waals surface area contributed by atoms with E-state index in [9.17, 15) is 0 Å². The minimum absolute atomic E-state index is 0.103. The molecule has 0 bridgehead atoms. The fourth-order valence-corrected chi connectivity index (χ4v) is 4.50. The lowest BCUT2D eigenvalue weighted by atomic mass is 10.1. The van der Waals surface area contributed by atoms with Gasteiger partial charge in [-0.2, -0.15) is 0 Å². The van der Waals surface area contributed by atoms with Crippen molar-refractivity contribution in [3.63, 3.8) is 0 Å². The quantitative estimate of drug-likeness (QED) is 0.848. The summed E-state index contributed by atoms with van der Waals surface area (Å²) in [6.45, 7) is 10.8. The fraction of sp³-hybridized carbons (Fsp3) is 0.478. The molecule has 4 heteroatoms. The summed E-state index contributed by atoms with van der Waals surface area (Å²) >= 11 is 0. The van der Waals surface area contributed by atoms with Crippen LogP contribution < -0.4 is 15.0 Å². The van der Waals surface area contributed by atoms with Crippen molar-refractivity contribution in [1.82, 2.24) is 10.2 Å². The summed E-state index contributed by atoms with van der Waals surface area (Å²) in [5.74, 6) is 0.966. The van der Waals surface area contributed by atoms with Gasteiger partial charge in [-0.1, -0.05) is 38.1 Å². The molecule has 1 fully saturated rings. The molecule has 4 rings (SSSR count). The zero-order chi connectivity index (χ0) is 18.6. The van der Waals surface area contributed by atoms with Gasteiger partial charge in [-0.3, -0.25) is 4.90 Å². The normalized spacial score (nSPS) is 22.1. The molecule has 0 amide bonds. The summed E-state index contributed by atoms with van der Waals surface area (Å²) in [4.78, 5) is 4.96. The van der Waals surface area contributed by atoms with E-state index < -0.39 is 0 Å². The number of likely N-dealkylation sites (N-methyl/N-ethyl adjacent to an activating group) is 1. The molecule has 144 valence electrons. The van der Waals surface area contributed by atoms with Crippen LogP contribution in [-0.4, -0.2) is 50.2 Å². The first kappa shape index (κ1) is 18.3. The SMILES string of the molecule is CCN(CC)[C@@H]1Cc2ccccc2[C@H]1Oc1ccc(N2CCNCC2)cc1. The Balaban J connectivity index is 1.53. The number of piperazine rings is 1. The molecule has 1 N–H and O–H groups in total. The van der Waals surface area contributed by atoms with Crippen molar-refractivity contribution in [2.75, 3.05) is 44.2 Å². The largest absolute Gasteiger partial charge is 0.484 e. The number of benzene rings is 2. The molecule has 1 aliphatic carbocycles. The predicted octanol–water partition coefficient (Wildman–Crippen LogP) is 3.48. The van der Waals surface area contributed by atoms with Gasteiger partial charge < -0.3 is 15.0 Å². The second-order valence-corrected chi connectivity index (χ2v) is 7.46. The molecule has 1 heterocycles. The van der Waals surface area contributed by atoms with E-state index in [-0.39, 0.29) is 6.10 Å². The van der Waals surface area contributed by atoms with Crippen LogP contribution in [0.25, 0.3) is 0 Å². The molecule has 1 aliphatic heterocycles. The molecular weight excluding hydrogens is 334 g/mol. The number of ether oxygens (including phenoxy) is 1. The molecule has 0 aromatic heterocycles. The van der Waals surface area contributed by atoms with Gasteiger partial charge in [0.25, 0.3) is 0 Å². The lowest BCUT2D eigenvalue weighted by molar-refractivity contribution is 0.0849. The van der Waals surface area contributed by atoms with Crippen LogP contribution in [-0.2, 0) is 6.42 Å². The Hall–Kier alpha value is -2.04. The van der Waals surface area contributed by atoms with Crippen LogP contribution in [0.1, 0.15) is 31.1 Å². The van der Waals surface area contributed by atoms with Crippen LogP contribution in [0.2, 0.25) is 0 Å². The molecule has 2 aromatic carbocycles. The van der Waals surface area contributed by atoms with E-state index in [1.807, 2.05) is 0 Å². The molecule has 1 saturated heterocycles. The maximum atomic E-state index is 6.57. The third-order valence-corrected chi connectivity index (χ3v) is 6.00. The highest BCUT2D eigenvalue weighted by Gasteiger charge is 2.36. The zero-order valence-corrected chi connectivity index (χ0v) is 16.5. The summed E-state index contributed by atoms with van der Waals surface area (Å²) < 4.78 is 6.57. The van der Waals surface area contributed by atoms with Crippen molar-refractivity contribution in [3.8, 4) is 5.75 Å². The predicted molar refractivity (Wildman–Crippen MR) is 112 cm³/mol. The Morgan fingerprint density at radius 2 is 1.70 bits per heavy atom. The van der Waals surface area contributed by atoms with Gasteiger partial charge in [0.2, 0.25) is 0 Å². The maximum Gasteiger partial charge on any atom is 0.140 e. The first-order valence-electron chi connectivity index (χ1n) is 10.3. The number of nitrogens with one attached hydrogen (secondary N) is 1. The standard InChI is InChI=1S/C23H31N3O/c1-3-25(4-2)22-17-18-7-5-6-8-21(18)23(22)27-20-11-9-19(10-12-20)26-15-13-24-14-16-26/h5-12,22-24H,3-4,13-17H2,1-2H3/t22-,23-/m1/s1. The number of nitrogens with zero attached hydrogens (tertiary/aromatic N) is 2. The third kappa shape index (κ3) is 3.83. The number of fused-ring (bicyclic) bond motifs is 1. The summed E-state index contributed by atoms with van der Waals surface area (Å²) in [5.41, 5.74) is 4.06. The van der Waals surface area contributed by atoms with Gasteiger partial charge in [-0.15, -0.1) is 0 Å². The van der Waals surface area contributed by atoms with Crippen LogP contribution in [0.4, 0.5) is 5.69 Å². The van der Waals surface area contributed by atoms with Crippen molar-refractivity contribution in [3.05, 3.63) is 59.7 Å². The molecule has 2 aliphatic rings. The van der Waals surface area contributed by atoms with Gasteiger partial charge >= 0.3 is 0 Å². The average molecular weight is 366 g/mol. The van der Waals surface area contributed by atoms with Crippen LogP contribution in [0.3, 0.4) is 0 Å². The molecule has 4 nitrogen and oxygen atoms in total. The van der Waals surface area contributed by atoms with E-state index in [2.05, 4.69) is 77.5 Å². The maximum absolute atomic E-state index is 6.57. The van der Waals surface area contributed by atoms with Gasteiger partial charge in [0.05, 0.1) is 6.04 Å². The highest BCUT2D eigenvalue weighted by molar-refractivity contribution is 5.50. The Labute approximate surface area is 163 Å². The van der Waals surface area contributed by atoms with E-state index in [4.69, 9.17) is 4.74 Å². The van der Waals surface area contributed by atoms with Crippen LogP contribution in [0, 0.1) is 0 Å². The van der Waals surface area contributed by atoms with Crippen molar-refractivity contribution in [1.29, 1.82) is 0 Å². The summed E-state index contributed by atoms with van der Waals surface area (Å²) in [6.07, 6.45) is 1.17. The molecule has 0 spiro atoms. The third-order valence-electron chi connectivity index (χ3n) is 6.00. The summed E-state index contributed by atoms with van der Waals surface area (Å²) in [5, 5.41) is 3.41. The van der Waals surface area contributed by atoms with Gasteiger partial charge in [0.1, 0.15) is 11.9 Å². The van der Waals surface area contributed by atoms with Crippen LogP contribution in [0.5, 0.6) is 5.75 Å². The van der Waals surface area contributed by atoms with Crippen molar-refractivity contribution < 1.29 is 4.74 Å². The van der Waals surface area contributed by atoms with E-state index in [1.165, 1.54) is 16.8 Å². The topological polar surface area (TPSA) is 27.7 Å². The first-order valence-corrected chi connectivity index (χ1v) is 10.3. The van der Waals surface area contributed by atoms with E-state index in [1.54, 1.807) is 0 Å². The summed E-state index contributed by atoms with van der Waals surface area (Å²) in [6, 6.07) is 17.8. The minimum Gasteiger partial charge on any atom is -0.484 e. The first-order chi connectivity index (χ1) is 13.3. The lowest BCUT2D eigenvalue weighted by Gasteiger charge is -2.32. The van der Waals surface area contributed by atoms with Gasteiger partial charge in [-0.25, -0.2) is 0 Å². The second kappa shape index (κ2) is 8.32. The highest BCUT2D eigenvalue weighted by atomic mass is 16.5. The molecular formula is C23H31N3O. The van der Waals surface area contributed by atoms with E-state index >= 15 is 0 Å². The monoisotopic (exact) mass is 365 g/mol. The van der Waals surface area contributed by atoms with Crippen molar-refractivity contribution in [2.24, 2.45) is 0 Å². The number of rotatable bonds is 6.